The smallest absolute Gasteiger partial charge is 0.257 e. The van der Waals surface area contributed by atoms with Gasteiger partial charge in [0.25, 0.3) is 21.8 Å². The van der Waals surface area contributed by atoms with Crippen molar-refractivity contribution in [1.82, 2.24) is 10.2 Å². The molecule has 0 saturated carbocycles. The van der Waals surface area contributed by atoms with Crippen molar-refractivity contribution >= 4 is 33.4 Å². The Hall–Kier alpha value is -2.98. The molecule has 3 aliphatic heterocycles. The van der Waals surface area contributed by atoms with E-state index >= 15 is 0 Å². The summed E-state index contributed by atoms with van der Waals surface area (Å²) in [5.74, 6) is -0.515. The second kappa shape index (κ2) is 8.41. The predicted molar refractivity (Wildman–Crippen MR) is 112 cm³/mol. The van der Waals surface area contributed by atoms with Gasteiger partial charge in [0.15, 0.2) is 0 Å². The highest BCUT2D eigenvalue weighted by molar-refractivity contribution is 7.90. The summed E-state index contributed by atoms with van der Waals surface area (Å²) >= 11 is 0. The minimum atomic E-state index is -3.45. The van der Waals surface area contributed by atoms with Crippen LogP contribution in [0.4, 0.5) is 5.69 Å². The monoisotopic (exact) mass is 430 g/mol. The number of rotatable bonds is 5. The van der Waals surface area contributed by atoms with Gasteiger partial charge in [0.1, 0.15) is 5.84 Å². The van der Waals surface area contributed by atoms with Gasteiger partial charge in [-0.3, -0.25) is 9.59 Å². The zero-order valence-electron chi connectivity index (χ0n) is 16.2. The van der Waals surface area contributed by atoms with Gasteiger partial charge in [-0.05, 0) is 37.1 Å². The van der Waals surface area contributed by atoms with Crippen molar-refractivity contribution < 1.29 is 22.7 Å². The van der Waals surface area contributed by atoms with Gasteiger partial charge in [-0.2, -0.15) is 0 Å². The first-order chi connectivity index (χ1) is 14.4. The standard InChI is InChI=1S/C20H22N4O5S/c25-19(14-7-8-18-23-30(27,28)11-9-24(18)13-14)22-17-6-2-1-5-16(17)20(26)21-12-15-4-3-10-29-15/h1-2,5-8,13,15H,3-4,9-12H2,(H,21,26)(H,22,25)/t15-/m1/s1. The zero-order chi connectivity index (χ0) is 21.1. The molecule has 9 nitrogen and oxygen atoms in total. The lowest BCUT2D eigenvalue weighted by molar-refractivity contribution is -0.112. The Morgan fingerprint density at radius 3 is 2.83 bits per heavy atom. The van der Waals surface area contributed by atoms with Crippen molar-refractivity contribution in [2.45, 2.75) is 18.9 Å². The number of sulfonamides is 1. The zero-order valence-corrected chi connectivity index (χ0v) is 17.0. The molecule has 3 heterocycles. The Labute approximate surface area is 174 Å². The maximum atomic E-state index is 12.7. The number of hydrogen-bond acceptors (Lipinski definition) is 6. The highest BCUT2D eigenvalue weighted by Crippen LogP contribution is 2.20. The molecule has 1 fully saturated rings. The lowest BCUT2D eigenvalue weighted by Gasteiger charge is -2.27. The van der Waals surface area contributed by atoms with E-state index in [0.717, 1.165) is 12.8 Å². The largest absolute Gasteiger partial charge is 0.376 e. The van der Waals surface area contributed by atoms with Crippen molar-refractivity contribution in [3.63, 3.8) is 0 Å². The maximum absolute atomic E-state index is 12.7. The Balaban J connectivity index is 1.44. The second-order valence-corrected chi connectivity index (χ2v) is 8.95. The van der Waals surface area contributed by atoms with Gasteiger partial charge in [0.05, 0.1) is 28.7 Å². The van der Waals surface area contributed by atoms with E-state index in [4.69, 9.17) is 4.74 Å². The van der Waals surface area contributed by atoms with Gasteiger partial charge >= 0.3 is 0 Å². The summed E-state index contributed by atoms with van der Waals surface area (Å²) in [6.45, 7) is 1.37. The number of amides is 2. The molecule has 1 saturated heterocycles. The van der Waals surface area contributed by atoms with E-state index in [1.54, 1.807) is 35.4 Å². The molecular weight excluding hydrogens is 408 g/mol. The Morgan fingerprint density at radius 2 is 2.03 bits per heavy atom. The maximum Gasteiger partial charge on any atom is 0.257 e. The van der Waals surface area contributed by atoms with E-state index in [2.05, 4.69) is 15.0 Å². The molecule has 10 heteroatoms. The number of nitrogens with zero attached hydrogens (tertiary/aromatic N) is 2. The van der Waals surface area contributed by atoms with E-state index < -0.39 is 15.9 Å². The molecule has 3 aliphatic rings. The van der Waals surface area contributed by atoms with Crippen LogP contribution >= 0.6 is 0 Å². The average molecular weight is 430 g/mol. The topological polar surface area (TPSA) is 117 Å². The summed E-state index contributed by atoms with van der Waals surface area (Å²) in [6.07, 6.45) is 6.49. The number of hydrogen-bond donors (Lipinski definition) is 2. The Morgan fingerprint density at radius 1 is 1.20 bits per heavy atom. The number of carbonyl (C=O) groups is 2. The molecule has 2 N–H and O–H groups in total. The molecule has 0 aliphatic carbocycles. The first-order valence-corrected chi connectivity index (χ1v) is 11.3. The van der Waals surface area contributed by atoms with Crippen molar-refractivity contribution in [2.24, 2.45) is 4.40 Å². The SMILES string of the molecule is O=C(Nc1ccccc1C(=O)NC[C@H]1CCCO1)C1=CN2CCS(=O)(=O)N=C2C=C1. The Kier molecular flexibility index (Phi) is 5.69. The minimum absolute atomic E-state index is 0.0254. The molecule has 1 aromatic carbocycles. The molecule has 1 atom stereocenters. The normalized spacial score (nSPS) is 22.0. The molecule has 1 aromatic rings. The van der Waals surface area contributed by atoms with Crippen LogP contribution in [0.15, 0.2) is 52.6 Å². The number of carbonyl (C=O) groups excluding carboxylic acids is 2. The third kappa shape index (κ3) is 4.60. The van der Waals surface area contributed by atoms with Gasteiger partial charge < -0.3 is 20.3 Å². The van der Waals surface area contributed by atoms with Gasteiger partial charge in [-0.1, -0.05) is 12.1 Å². The first kappa shape index (κ1) is 20.3. The highest BCUT2D eigenvalue weighted by Gasteiger charge is 2.25. The van der Waals surface area contributed by atoms with E-state index in [1.807, 2.05) is 0 Å². The van der Waals surface area contributed by atoms with Crippen molar-refractivity contribution in [3.8, 4) is 0 Å². The average Bonchev–Trinajstić information content (AvgIpc) is 3.25. The summed E-state index contributed by atoms with van der Waals surface area (Å²) < 4.78 is 32.4. The molecule has 158 valence electrons. The molecule has 0 unspecified atom stereocenters. The lowest BCUT2D eigenvalue weighted by atomic mass is 10.1. The van der Waals surface area contributed by atoms with Crippen LogP contribution in [-0.4, -0.2) is 62.5 Å². The van der Waals surface area contributed by atoms with E-state index in [0.29, 0.717) is 30.0 Å². The van der Waals surface area contributed by atoms with Crippen LogP contribution in [0.3, 0.4) is 0 Å². The summed E-state index contributed by atoms with van der Waals surface area (Å²) in [4.78, 5) is 27.0. The number of benzene rings is 1. The van der Waals surface area contributed by atoms with E-state index in [9.17, 15) is 18.0 Å². The van der Waals surface area contributed by atoms with Crippen LogP contribution in [0.2, 0.25) is 0 Å². The highest BCUT2D eigenvalue weighted by atomic mass is 32.2. The quantitative estimate of drug-likeness (QED) is 0.721. The van der Waals surface area contributed by atoms with Crippen LogP contribution in [0.1, 0.15) is 23.2 Å². The fourth-order valence-electron chi connectivity index (χ4n) is 3.43. The third-order valence-corrected chi connectivity index (χ3v) is 6.18. The molecule has 30 heavy (non-hydrogen) atoms. The summed E-state index contributed by atoms with van der Waals surface area (Å²) in [5, 5.41) is 5.62. The molecular formula is C20H22N4O5S. The van der Waals surface area contributed by atoms with Crippen LogP contribution in [0, 0.1) is 0 Å². The lowest BCUT2D eigenvalue weighted by Crippen LogP contribution is -2.37. The fourth-order valence-corrected chi connectivity index (χ4v) is 4.40. The van der Waals surface area contributed by atoms with Crippen LogP contribution in [0.25, 0.3) is 0 Å². The second-order valence-electron chi connectivity index (χ2n) is 7.19. The van der Waals surface area contributed by atoms with E-state index in [-0.39, 0.29) is 30.1 Å². The Bertz CT molecular complexity index is 1050. The van der Waals surface area contributed by atoms with Gasteiger partial charge in [0, 0.05) is 25.9 Å². The molecule has 2 amide bonds. The molecule has 0 aromatic heterocycles. The predicted octanol–water partition coefficient (Wildman–Crippen LogP) is 1.03. The summed E-state index contributed by atoms with van der Waals surface area (Å²) in [6, 6.07) is 6.77. The van der Waals surface area contributed by atoms with Crippen LogP contribution in [0.5, 0.6) is 0 Å². The third-order valence-electron chi connectivity index (χ3n) is 5.02. The number of anilines is 1. The first-order valence-electron chi connectivity index (χ1n) is 9.71. The van der Waals surface area contributed by atoms with Crippen LogP contribution in [-0.2, 0) is 19.6 Å². The number of amidine groups is 1. The molecule has 0 spiro atoms. The van der Waals surface area contributed by atoms with Crippen molar-refractivity contribution in [2.75, 3.05) is 30.8 Å². The van der Waals surface area contributed by atoms with Crippen molar-refractivity contribution in [1.29, 1.82) is 0 Å². The van der Waals surface area contributed by atoms with Gasteiger partial charge in [-0.25, -0.2) is 8.42 Å². The molecule has 4 rings (SSSR count). The van der Waals surface area contributed by atoms with Crippen molar-refractivity contribution in [3.05, 3.63) is 53.8 Å². The number of para-hydroxylation sites is 1. The summed E-state index contributed by atoms with van der Waals surface area (Å²) in [7, 11) is -3.45. The number of nitrogens with one attached hydrogen (secondary N) is 2. The van der Waals surface area contributed by atoms with E-state index in [1.165, 1.54) is 12.2 Å². The van der Waals surface area contributed by atoms with Gasteiger partial charge in [0.2, 0.25) is 0 Å². The summed E-state index contributed by atoms with van der Waals surface area (Å²) in [5.41, 5.74) is 1.08. The molecule has 0 bridgehead atoms. The fraction of sp³-hybridized carbons (Fsp3) is 0.350. The van der Waals surface area contributed by atoms with Crippen LogP contribution < -0.4 is 10.6 Å². The van der Waals surface area contributed by atoms with Gasteiger partial charge in [-0.15, -0.1) is 4.40 Å². The minimum Gasteiger partial charge on any atom is -0.376 e. The molecule has 0 radical (unpaired) electrons. The number of ether oxygens (including phenoxy) is 1. The number of fused-ring (bicyclic) bond motifs is 1.